The number of aliphatic carboxylic acids is 1. The van der Waals surface area contributed by atoms with Gasteiger partial charge < -0.3 is 15.3 Å². The number of aromatic hydroxyl groups is 1. The Morgan fingerprint density at radius 3 is 2.41 bits per heavy atom. The van der Waals surface area contributed by atoms with Gasteiger partial charge in [-0.15, -0.1) is 0 Å². The fraction of sp³-hybridized carbons (Fsp3) is 0.571. The number of nitrogens with zero attached hydrogens (tertiary/aromatic N) is 1. The molecule has 5 atom stereocenters. The van der Waals surface area contributed by atoms with E-state index in [9.17, 15) is 29.7 Å². The minimum Gasteiger partial charge on any atom is -0.508 e. The highest BCUT2D eigenvalue weighted by Crippen LogP contribution is 2.52. The Morgan fingerprint density at radius 2 is 1.83 bits per heavy atom. The highest BCUT2D eigenvalue weighted by molar-refractivity contribution is 6.10. The largest absolute Gasteiger partial charge is 0.508 e. The van der Waals surface area contributed by atoms with Crippen LogP contribution in [0.2, 0.25) is 0 Å². The van der Waals surface area contributed by atoms with Crippen molar-refractivity contribution in [2.24, 2.45) is 11.8 Å². The van der Waals surface area contributed by atoms with Gasteiger partial charge in [0.25, 0.3) is 0 Å². The normalized spacial score (nSPS) is 33.7. The summed E-state index contributed by atoms with van der Waals surface area (Å²) in [6, 6.07) is 5.23. The molecule has 29 heavy (non-hydrogen) atoms. The average molecular weight is 402 g/mol. The summed E-state index contributed by atoms with van der Waals surface area (Å²) >= 11 is 0. The molecule has 0 spiro atoms. The second kappa shape index (κ2) is 7.11. The number of carbonyl (C=O) groups excluding carboxylic acids is 2. The molecular formula is C21H26N2O6. The van der Waals surface area contributed by atoms with Crippen molar-refractivity contribution in [3.63, 3.8) is 0 Å². The summed E-state index contributed by atoms with van der Waals surface area (Å²) in [5, 5.41) is 33.7. The number of fused-ring (bicyclic) bond motifs is 1. The van der Waals surface area contributed by atoms with Crippen LogP contribution in [-0.4, -0.2) is 55.7 Å². The molecule has 1 saturated carbocycles. The van der Waals surface area contributed by atoms with E-state index in [1.807, 2.05) is 0 Å². The molecule has 0 aromatic heterocycles. The van der Waals surface area contributed by atoms with Crippen LogP contribution in [0.1, 0.15) is 50.6 Å². The summed E-state index contributed by atoms with van der Waals surface area (Å²) in [5.41, 5.74) is -1.66. The molecular weight excluding hydrogens is 376 g/mol. The summed E-state index contributed by atoms with van der Waals surface area (Å²) in [6.45, 7) is 1.31. The molecule has 2 aliphatic heterocycles. The van der Waals surface area contributed by atoms with Crippen molar-refractivity contribution in [1.82, 2.24) is 10.2 Å². The van der Waals surface area contributed by atoms with Crippen LogP contribution in [0.3, 0.4) is 0 Å². The number of likely N-dealkylation sites (tertiary alicyclic amines) is 1. The van der Waals surface area contributed by atoms with Crippen LogP contribution < -0.4 is 5.32 Å². The maximum atomic E-state index is 13.4. The first-order valence-electron chi connectivity index (χ1n) is 10.1. The Bertz CT molecular complexity index is 849. The Labute approximate surface area is 168 Å². The molecule has 3 aliphatic rings. The molecule has 1 aliphatic carbocycles. The molecule has 156 valence electrons. The van der Waals surface area contributed by atoms with E-state index in [2.05, 4.69) is 5.32 Å². The summed E-state index contributed by atoms with van der Waals surface area (Å²) < 4.78 is 0. The molecule has 4 rings (SSSR count). The summed E-state index contributed by atoms with van der Waals surface area (Å²) in [6.07, 6.45) is 2.87. The lowest BCUT2D eigenvalue weighted by Crippen LogP contribution is -2.62. The van der Waals surface area contributed by atoms with E-state index >= 15 is 0 Å². The van der Waals surface area contributed by atoms with Crippen molar-refractivity contribution in [1.29, 1.82) is 0 Å². The molecule has 4 N–H and O–H groups in total. The Hall–Kier alpha value is -2.45. The molecule has 1 aromatic rings. The lowest BCUT2D eigenvalue weighted by Gasteiger charge is -2.36. The van der Waals surface area contributed by atoms with E-state index in [0.717, 1.165) is 19.3 Å². The van der Waals surface area contributed by atoms with Crippen LogP contribution in [0.15, 0.2) is 24.3 Å². The predicted octanol–water partition coefficient (Wildman–Crippen LogP) is 1.17. The van der Waals surface area contributed by atoms with Crippen molar-refractivity contribution in [3.8, 4) is 5.75 Å². The number of imide groups is 1. The molecule has 0 radical (unpaired) electrons. The first-order valence-corrected chi connectivity index (χ1v) is 10.1. The number of para-hydroxylation sites is 1. The number of phenolic OH excluding ortho intramolecular Hbond substituents is 1. The van der Waals surface area contributed by atoms with Crippen LogP contribution in [0, 0.1) is 11.8 Å². The lowest BCUT2D eigenvalue weighted by molar-refractivity contribution is -0.157. The maximum Gasteiger partial charge on any atom is 0.327 e. The van der Waals surface area contributed by atoms with Gasteiger partial charge in [-0.05, 0) is 25.8 Å². The standard InChI is InChI=1S/C21H26N2O6/c1-11(24)21(20(28)29)16-15(17(22-21)13-9-5-6-10-14(13)25)18(26)23(19(16)27)12-7-3-2-4-8-12/h5-6,9-12,15-17,22,24-25H,2-4,7-8H2,1H3,(H,28,29). The quantitative estimate of drug-likeness (QED) is 0.557. The van der Waals surface area contributed by atoms with Gasteiger partial charge in [0.15, 0.2) is 5.54 Å². The molecule has 2 amide bonds. The first-order chi connectivity index (χ1) is 13.8. The van der Waals surface area contributed by atoms with Crippen molar-refractivity contribution in [2.45, 2.75) is 62.8 Å². The van der Waals surface area contributed by atoms with Gasteiger partial charge in [-0.3, -0.25) is 24.6 Å². The van der Waals surface area contributed by atoms with Gasteiger partial charge in [0, 0.05) is 17.6 Å². The van der Waals surface area contributed by atoms with Crippen molar-refractivity contribution >= 4 is 17.8 Å². The highest BCUT2D eigenvalue weighted by atomic mass is 16.4. The first kappa shape index (κ1) is 19.8. The fourth-order valence-electron chi connectivity index (χ4n) is 5.44. The zero-order valence-electron chi connectivity index (χ0n) is 16.2. The number of amides is 2. The second-order valence-corrected chi connectivity index (χ2v) is 8.37. The summed E-state index contributed by atoms with van der Waals surface area (Å²) in [5.74, 6) is -4.67. The smallest absolute Gasteiger partial charge is 0.327 e. The Morgan fingerprint density at radius 1 is 1.17 bits per heavy atom. The number of phenols is 1. The summed E-state index contributed by atoms with van der Waals surface area (Å²) in [4.78, 5) is 40.4. The molecule has 8 nitrogen and oxygen atoms in total. The minimum atomic E-state index is -2.01. The van der Waals surface area contributed by atoms with Crippen molar-refractivity contribution in [2.75, 3.05) is 0 Å². The van der Waals surface area contributed by atoms with Gasteiger partial charge in [-0.1, -0.05) is 37.5 Å². The minimum absolute atomic E-state index is 0.0908. The molecule has 3 fully saturated rings. The van der Waals surface area contributed by atoms with Gasteiger partial charge in [-0.25, -0.2) is 0 Å². The molecule has 1 aromatic carbocycles. The molecule has 2 heterocycles. The molecule has 8 heteroatoms. The zero-order valence-corrected chi connectivity index (χ0v) is 16.2. The number of aliphatic hydroxyl groups excluding tert-OH is 1. The topological polar surface area (TPSA) is 127 Å². The van der Waals surface area contributed by atoms with E-state index in [0.29, 0.717) is 18.4 Å². The third kappa shape index (κ3) is 2.77. The number of carboxylic acids is 1. The van der Waals surface area contributed by atoms with E-state index in [-0.39, 0.29) is 11.8 Å². The number of hydrogen-bond donors (Lipinski definition) is 4. The monoisotopic (exact) mass is 402 g/mol. The van der Waals surface area contributed by atoms with Crippen molar-refractivity contribution < 1.29 is 29.7 Å². The van der Waals surface area contributed by atoms with Gasteiger partial charge in [0.2, 0.25) is 11.8 Å². The third-order valence-corrected chi connectivity index (χ3v) is 6.85. The maximum absolute atomic E-state index is 13.4. The third-order valence-electron chi connectivity index (χ3n) is 6.85. The SMILES string of the molecule is CC(O)C1(C(=O)O)NC(c2ccccc2O)C2C(=O)N(C3CCCCC3)C(=O)C21. The van der Waals surface area contributed by atoms with E-state index < -0.39 is 47.3 Å². The predicted molar refractivity (Wildman–Crippen MR) is 102 cm³/mol. The van der Waals surface area contributed by atoms with Gasteiger partial charge in [-0.2, -0.15) is 0 Å². The number of aliphatic hydroxyl groups is 1. The van der Waals surface area contributed by atoms with E-state index in [1.54, 1.807) is 18.2 Å². The molecule has 2 saturated heterocycles. The fourth-order valence-corrected chi connectivity index (χ4v) is 5.44. The number of hydrogen-bond acceptors (Lipinski definition) is 6. The Kier molecular flexibility index (Phi) is 4.86. The van der Waals surface area contributed by atoms with Crippen molar-refractivity contribution in [3.05, 3.63) is 29.8 Å². The highest BCUT2D eigenvalue weighted by Gasteiger charge is 2.71. The van der Waals surface area contributed by atoms with Crippen LogP contribution in [-0.2, 0) is 14.4 Å². The molecule has 5 unspecified atom stereocenters. The number of nitrogens with one attached hydrogen (secondary N) is 1. The van der Waals surface area contributed by atoms with Crippen LogP contribution in [0.5, 0.6) is 5.75 Å². The number of carboxylic acid groups (broad SMARTS) is 1. The Balaban J connectivity index is 1.83. The lowest BCUT2D eigenvalue weighted by atomic mass is 9.76. The zero-order chi connectivity index (χ0) is 20.9. The van der Waals surface area contributed by atoms with Crippen LogP contribution in [0.4, 0.5) is 0 Å². The van der Waals surface area contributed by atoms with E-state index in [1.165, 1.54) is 17.9 Å². The van der Waals surface area contributed by atoms with Gasteiger partial charge in [0.05, 0.1) is 17.9 Å². The second-order valence-electron chi connectivity index (χ2n) is 8.37. The summed E-state index contributed by atoms with van der Waals surface area (Å²) in [7, 11) is 0. The van der Waals surface area contributed by atoms with Gasteiger partial charge in [0.1, 0.15) is 5.75 Å². The number of rotatable bonds is 4. The van der Waals surface area contributed by atoms with Crippen LogP contribution >= 0.6 is 0 Å². The van der Waals surface area contributed by atoms with Gasteiger partial charge >= 0.3 is 5.97 Å². The van der Waals surface area contributed by atoms with E-state index in [4.69, 9.17) is 0 Å². The number of benzene rings is 1. The number of carbonyl (C=O) groups is 3. The average Bonchev–Trinajstić information content (AvgIpc) is 3.18. The van der Waals surface area contributed by atoms with Crippen LogP contribution in [0.25, 0.3) is 0 Å². The molecule has 0 bridgehead atoms.